The van der Waals surface area contributed by atoms with Crippen molar-refractivity contribution in [3.8, 4) is 0 Å². The van der Waals surface area contributed by atoms with Gasteiger partial charge in [-0.2, -0.15) is 5.10 Å². The van der Waals surface area contributed by atoms with Crippen molar-refractivity contribution in [3.63, 3.8) is 0 Å². The summed E-state index contributed by atoms with van der Waals surface area (Å²) in [7, 11) is 0. The molecule has 1 aliphatic heterocycles. The Morgan fingerprint density at radius 3 is 2.94 bits per heavy atom. The van der Waals surface area contributed by atoms with E-state index in [1.807, 2.05) is 10.9 Å². The zero-order chi connectivity index (χ0) is 12.3. The predicted octanol–water partition coefficient (Wildman–Crippen LogP) is 0.623. The molecule has 2 rings (SSSR count). The lowest BCUT2D eigenvalue weighted by Crippen LogP contribution is -2.48. The Morgan fingerprint density at radius 2 is 2.29 bits per heavy atom. The Kier molecular flexibility index (Phi) is 4.15. The molecule has 5 heteroatoms. The average Bonchev–Trinajstić information content (AvgIpc) is 2.85. The molecular weight excluding hydrogens is 216 g/mol. The molecule has 0 amide bonds. The van der Waals surface area contributed by atoms with Crippen molar-refractivity contribution in [2.45, 2.75) is 32.5 Å². The fourth-order valence-electron chi connectivity index (χ4n) is 2.57. The van der Waals surface area contributed by atoms with Crippen LogP contribution in [0.3, 0.4) is 0 Å². The van der Waals surface area contributed by atoms with E-state index in [0.29, 0.717) is 6.54 Å². The van der Waals surface area contributed by atoms with Gasteiger partial charge in [0.2, 0.25) is 0 Å². The molecule has 96 valence electrons. The maximum Gasteiger partial charge on any atom is 0.0909 e. The molecule has 2 heterocycles. The van der Waals surface area contributed by atoms with Gasteiger partial charge >= 0.3 is 0 Å². The first-order valence-corrected chi connectivity index (χ1v) is 6.39. The minimum absolute atomic E-state index is 0.0747. The van der Waals surface area contributed by atoms with E-state index < -0.39 is 0 Å². The fourth-order valence-corrected chi connectivity index (χ4v) is 2.57. The minimum atomic E-state index is 0.0747. The quantitative estimate of drug-likeness (QED) is 0.835. The topological polar surface area (TPSA) is 56.3 Å². The van der Waals surface area contributed by atoms with Gasteiger partial charge in [-0.3, -0.25) is 9.58 Å². The maximum atomic E-state index is 5.83. The van der Waals surface area contributed by atoms with Gasteiger partial charge in [0.05, 0.1) is 24.4 Å². The smallest absolute Gasteiger partial charge is 0.0909 e. The highest BCUT2D eigenvalue weighted by Gasteiger charge is 2.33. The number of ether oxygens (including phenoxy) is 1. The largest absolute Gasteiger partial charge is 0.374 e. The molecule has 1 aliphatic rings. The van der Waals surface area contributed by atoms with Crippen molar-refractivity contribution in [2.75, 3.05) is 26.2 Å². The van der Waals surface area contributed by atoms with Gasteiger partial charge in [0, 0.05) is 25.8 Å². The highest BCUT2D eigenvalue weighted by molar-refractivity contribution is 5.11. The zero-order valence-electron chi connectivity index (χ0n) is 10.7. The normalized spacial score (nSPS) is 26.3. The Morgan fingerprint density at radius 1 is 1.47 bits per heavy atom. The second-order valence-electron chi connectivity index (χ2n) is 4.29. The van der Waals surface area contributed by atoms with Crippen LogP contribution >= 0.6 is 0 Å². The summed E-state index contributed by atoms with van der Waals surface area (Å²) in [5.74, 6) is 0. The van der Waals surface area contributed by atoms with Gasteiger partial charge in [-0.05, 0) is 19.5 Å². The molecular formula is C12H22N4O. The number of hydrogen-bond donors (Lipinski definition) is 1. The van der Waals surface area contributed by atoms with E-state index in [0.717, 1.165) is 26.2 Å². The molecule has 2 atom stereocenters. The Labute approximate surface area is 103 Å². The van der Waals surface area contributed by atoms with E-state index >= 15 is 0 Å². The van der Waals surface area contributed by atoms with E-state index in [1.54, 1.807) is 0 Å². The Hall–Kier alpha value is -0.910. The van der Waals surface area contributed by atoms with Crippen LogP contribution in [-0.4, -0.2) is 47.0 Å². The molecule has 2 unspecified atom stereocenters. The zero-order valence-corrected chi connectivity index (χ0v) is 10.7. The number of nitrogens with zero attached hydrogens (tertiary/aromatic N) is 3. The summed E-state index contributed by atoms with van der Waals surface area (Å²) in [4.78, 5) is 2.42. The number of nitrogens with two attached hydrogens (primary N) is 1. The van der Waals surface area contributed by atoms with Crippen LogP contribution in [0.5, 0.6) is 0 Å². The van der Waals surface area contributed by atoms with Crippen LogP contribution in [0.4, 0.5) is 0 Å². The fraction of sp³-hybridized carbons (Fsp3) is 0.750. The van der Waals surface area contributed by atoms with Crippen LogP contribution in [0, 0.1) is 0 Å². The molecule has 1 aromatic heterocycles. The summed E-state index contributed by atoms with van der Waals surface area (Å²) >= 11 is 0. The SMILES string of the molecule is CCN1CCOC(CN)C1c1ccnn1CC. The van der Waals surface area contributed by atoms with Crippen molar-refractivity contribution in [1.29, 1.82) is 0 Å². The molecule has 0 spiro atoms. The maximum absolute atomic E-state index is 5.83. The predicted molar refractivity (Wildman–Crippen MR) is 66.7 cm³/mol. The first-order chi connectivity index (χ1) is 8.31. The van der Waals surface area contributed by atoms with Crippen LogP contribution in [0.2, 0.25) is 0 Å². The molecule has 2 N–H and O–H groups in total. The first kappa shape index (κ1) is 12.5. The molecule has 0 saturated carbocycles. The van der Waals surface area contributed by atoms with Gasteiger partial charge in [-0.25, -0.2) is 0 Å². The third-order valence-corrected chi connectivity index (χ3v) is 3.45. The number of morpholine rings is 1. The van der Waals surface area contributed by atoms with Gasteiger partial charge in [0.15, 0.2) is 0 Å². The highest BCUT2D eigenvalue weighted by atomic mass is 16.5. The van der Waals surface area contributed by atoms with E-state index in [2.05, 4.69) is 29.9 Å². The highest BCUT2D eigenvalue weighted by Crippen LogP contribution is 2.28. The van der Waals surface area contributed by atoms with Crippen LogP contribution in [0.1, 0.15) is 25.6 Å². The molecule has 0 aliphatic carbocycles. The number of aromatic nitrogens is 2. The van der Waals surface area contributed by atoms with Gasteiger partial charge in [-0.1, -0.05) is 6.92 Å². The molecule has 1 saturated heterocycles. The lowest BCUT2D eigenvalue weighted by atomic mass is 10.0. The Balaban J connectivity index is 2.29. The first-order valence-electron chi connectivity index (χ1n) is 6.39. The number of rotatable bonds is 4. The van der Waals surface area contributed by atoms with Crippen LogP contribution in [-0.2, 0) is 11.3 Å². The molecule has 0 radical (unpaired) electrons. The molecule has 5 nitrogen and oxygen atoms in total. The molecule has 1 aromatic rings. The third-order valence-electron chi connectivity index (χ3n) is 3.45. The van der Waals surface area contributed by atoms with E-state index in [-0.39, 0.29) is 12.1 Å². The second kappa shape index (κ2) is 5.62. The summed E-state index contributed by atoms with van der Waals surface area (Å²) in [6, 6.07) is 2.31. The Bertz CT molecular complexity index is 340. The van der Waals surface area contributed by atoms with Crippen LogP contribution in [0.15, 0.2) is 12.3 Å². The standard InChI is InChI=1S/C12H22N4O/c1-3-15-7-8-17-11(9-13)12(15)10-5-6-14-16(10)4-2/h5-6,11-12H,3-4,7-9,13H2,1-2H3. The van der Waals surface area contributed by atoms with E-state index in [1.165, 1.54) is 5.69 Å². The number of aryl methyl sites for hydroxylation is 1. The minimum Gasteiger partial charge on any atom is -0.374 e. The van der Waals surface area contributed by atoms with Gasteiger partial charge in [-0.15, -0.1) is 0 Å². The van der Waals surface area contributed by atoms with Crippen molar-refractivity contribution in [2.24, 2.45) is 5.73 Å². The average molecular weight is 238 g/mol. The van der Waals surface area contributed by atoms with E-state index in [4.69, 9.17) is 10.5 Å². The van der Waals surface area contributed by atoms with Crippen molar-refractivity contribution < 1.29 is 4.74 Å². The third kappa shape index (κ3) is 2.36. The summed E-state index contributed by atoms with van der Waals surface area (Å²) in [6.45, 7) is 8.47. The molecule has 0 aromatic carbocycles. The summed E-state index contributed by atoms with van der Waals surface area (Å²) in [6.07, 6.45) is 1.93. The van der Waals surface area contributed by atoms with Gasteiger partial charge in [0.1, 0.15) is 0 Å². The van der Waals surface area contributed by atoms with Crippen molar-refractivity contribution in [3.05, 3.63) is 18.0 Å². The van der Waals surface area contributed by atoms with Crippen molar-refractivity contribution >= 4 is 0 Å². The second-order valence-corrected chi connectivity index (χ2v) is 4.29. The lowest BCUT2D eigenvalue weighted by molar-refractivity contribution is -0.0684. The van der Waals surface area contributed by atoms with Gasteiger partial charge in [0.25, 0.3) is 0 Å². The van der Waals surface area contributed by atoms with Crippen molar-refractivity contribution in [1.82, 2.24) is 14.7 Å². The number of hydrogen-bond acceptors (Lipinski definition) is 4. The number of likely N-dealkylation sites (N-methyl/N-ethyl adjacent to an activating group) is 1. The van der Waals surface area contributed by atoms with Crippen LogP contribution in [0.25, 0.3) is 0 Å². The van der Waals surface area contributed by atoms with Gasteiger partial charge < -0.3 is 10.5 Å². The molecule has 0 bridgehead atoms. The summed E-state index contributed by atoms with van der Waals surface area (Å²) < 4.78 is 7.82. The van der Waals surface area contributed by atoms with E-state index in [9.17, 15) is 0 Å². The van der Waals surface area contributed by atoms with Crippen LogP contribution < -0.4 is 5.73 Å². The summed E-state index contributed by atoms with van der Waals surface area (Å²) in [5.41, 5.74) is 7.04. The lowest BCUT2D eigenvalue weighted by Gasteiger charge is -2.40. The molecule has 1 fully saturated rings. The summed E-state index contributed by atoms with van der Waals surface area (Å²) in [5, 5.41) is 4.34. The monoisotopic (exact) mass is 238 g/mol. The molecule has 17 heavy (non-hydrogen) atoms.